The summed E-state index contributed by atoms with van der Waals surface area (Å²) < 4.78 is 19.1. The molecule has 1 heterocycles. The first-order chi connectivity index (χ1) is 5.15. The van der Waals surface area contributed by atoms with Crippen LogP contribution in [0.15, 0.2) is 0 Å². The van der Waals surface area contributed by atoms with Gasteiger partial charge in [0.05, 0.1) is 5.69 Å². The molecule has 2 N–H and O–H groups in total. The number of nitrogens with zero attached hydrogens (tertiary/aromatic N) is 2. The van der Waals surface area contributed by atoms with Crippen LogP contribution in [-0.2, 0) is 0 Å². The third kappa shape index (κ3) is 1.16. The summed E-state index contributed by atoms with van der Waals surface area (Å²) in [5, 5.41) is 0.168. The first-order valence-corrected chi connectivity index (χ1v) is 2.90. The van der Waals surface area contributed by atoms with Crippen molar-refractivity contribution in [3.63, 3.8) is 0 Å². The largest absolute Gasteiger partial charge is 0.382 e. The van der Waals surface area contributed by atoms with Crippen LogP contribution in [0.5, 0.6) is 0 Å². The Hall–Kier alpha value is -0.900. The first kappa shape index (κ1) is 5.85. The normalized spacial score (nSPS) is 10.9. The molecule has 0 aliphatic rings. The second-order valence-electron chi connectivity index (χ2n) is 1.74. The molecule has 10 heavy (non-hydrogen) atoms. The summed E-state index contributed by atoms with van der Waals surface area (Å²) in [6.45, 7) is 1.54. The van der Waals surface area contributed by atoms with Crippen molar-refractivity contribution in [3.05, 3.63) is 16.8 Å². The van der Waals surface area contributed by atoms with Gasteiger partial charge in [0.15, 0.2) is 1.41 Å². The van der Waals surface area contributed by atoms with Crippen LogP contribution >= 0.6 is 11.6 Å². The highest BCUT2D eigenvalue weighted by Gasteiger charge is 2.04. The minimum absolute atomic E-state index is 0.0170. The predicted octanol–water partition coefficient (Wildman–Crippen LogP) is 1.16. The Bertz CT molecular complexity index is 281. The molecule has 0 fully saturated rings. The molecule has 5 heteroatoms. The van der Waals surface area contributed by atoms with Gasteiger partial charge in [-0.25, -0.2) is 4.98 Å². The van der Waals surface area contributed by atoms with Crippen molar-refractivity contribution in [2.24, 2.45) is 0 Å². The molecule has 0 radical (unpaired) electrons. The number of aromatic nitrogens is 2. The Morgan fingerprint density at radius 1 is 1.70 bits per heavy atom. The van der Waals surface area contributed by atoms with Crippen LogP contribution in [-0.4, -0.2) is 9.97 Å². The van der Waals surface area contributed by atoms with Gasteiger partial charge >= 0.3 is 6.08 Å². The fraction of sp³-hybridized carbons (Fsp3) is 0.200. The molecule has 0 aliphatic carbocycles. The summed E-state index contributed by atoms with van der Waals surface area (Å²) in [6.07, 6.45) is -0.887. The van der Waals surface area contributed by atoms with E-state index in [0.29, 0.717) is 5.69 Å². The van der Waals surface area contributed by atoms with E-state index >= 15 is 0 Å². The van der Waals surface area contributed by atoms with Crippen LogP contribution in [0, 0.1) is 13.0 Å². The number of nitrogen functional groups attached to an aromatic ring is 1. The summed E-state index contributed by atoms with van der Waals surface area (Å²) in [7, 11) is 0. The van der Waals surface area contributed by atoms with Crippen molar-refractivity contribution in [3.8, 4) is 0 Å². The smallest absolute Gasteiger partial charge is 0.310 e. The molecular weight excluding hydrogens is 157 g/mol. The number of anilines is 1. The summed E-state index contributed by atoms with van der Waals surface area (Å²) in [4.78, 5) is 6.59. The van der Waals surface area contributed by atoms with E-state index < -0.39 is 6.08 Å². The molecule has 1 aromatic rings. The second-order valence-corrected chi connectivity index (χ2v) is 2.12. The Balaban J connectivity index is 3.24. The second kappa shape index (κ2) is 2.38. The number of hydrogen-bond donors (Lipinski definition) is 1. The van der Waals surface area contributed by atoms with E-state index in [1.807, 2.05) is 5.73 Å². The number of hydrogen-bond acceptors (Lipinski definition) is 3. The highest BCUT2D eigenvalue weighted by atomic mass is 35.5. The highest BCUT2D eigenvalue weighted by Crippen LogP contribution is 2.17. The van der Waals surface area contributed by atoms with Crippen molar-refractivity contribution < 1.29 is 5.80 Å². The molecule has 0 atom stereocenters. The zero-order chi connectivity index (χ0) is 8.43. The third-order valence-electron chi connectivity index (χ3n) is 0.990. The van der Waals surface area contributed by atoms with Crippen molar-refractivity contribution in [1.29, 1.82) is 0 Å². The van der Waals surface area contributed by atoms with Gasteiger partial charge in [-0.15, -0.1) is 0 Å². The van der Waals surface area contributed by atoms with E-state index in [9.17, 15) is 4.39 Å². The first-order valence-electron chi connectivity index (χ1n) is 3.02. The van der Waals surface area contributed by atoms with Gasteiger partial charge in [0.1, 0.15) is 10.8 Å². The van der Waals surface area contributed by atoms with Gasteiger partial charge in [-0.05, 0) is 6.92 Å². The number of nitrogens with two attached hydrogens (primary N) is 1. The highest BCUT2D eigenvalue weighted by molar-refractivity contribution is 6.33. The zero-order valence-electron chi connectivity index (χ0n) is 6.15. The lowest BCUT2D eigenvalue weighted by atomic mass is 10.4. The fourth-order valence-corrected chi connectivity index (χ4v) is 0.610. The van der Waals surface area contributed by atoms with Crippen LogP contribution in [0.1, 0.15) is 5.69 Å². The van der Waals surface area contributed by atoms with E-state index in [0.717, 1.165) is 0 Å². The third-order valence-corrected chi connectivity index (χ3v) is 1.44. The van der Waals surface area contributed by atoms with Gasteiger partial charge in [0, 0.05) is 0 Å². The molecule has 0 aliphatic heterocycles. The van der Waals surface area contributed by atoms with Gasteiger partial charge in [0.2, 0.25) is 0 Å². The van der Waals surface area contributed by atoms with Crippen molar-refractivity contribution in [1.82, 2.24) is 9.97 Å². The molecule has 1 aromatic heterocycles. The maximum absolute atomic E-state index is 12.4. The van der Waals surface area contributed by atoms with Gasteiger partial charge in [-0.3, -0.25) is 0 Å². The van der Waals surface area contributed by atoms with Crippen molar-refractivity contribution in [2.45, 2.75) is 6.92 Å². The Morgan fingerprint density at radius 2 is 2.40 bits per heavy atom. The van der Waals surface area contributed by atoms with Crippen LogP contribution in [0.2, 0.25) is 6.43 Å². The van der Waals surface area contributed by atoms with Crippen molar-refractivity contribution >= 4 is 17.4 Å². The topological polar surface area (TPSA) is 51.8 Å². The molecule has 0 aromatic carbocycles. The van der Waals surface area contributed by atoms with E-state index in [1.165, 1.54) is 6.92 Å². The maximum Gasteiger partial charge on any atom is 0.310 e. The van der Waals surface area contributed by atoms with Crippen LogP contribution < -0.4 is 5.73 Å². The SMILES string of the molecule is [2H]Nc1nc(F)nc(C)c1Cl. The summed E-state index contributed by atoms with van der Waals surface area (Å²) in [6, 6.07) is 0. The number of aryl methyl sites for hydroxylation is 1. The molecule has 0 bridgehead atoms. The predicted molar refractivity (Wildman–Crippen MR) is 36.1 cm³/mol. The quantitative estimate of drug-likeness (QED) is 0.631. The molecule has 0 saturated heterocycles. The maximum atomic E-state index is 12.4. The summed E-state index contributed by atoms with van der Waals surface area (Å²) in [5.74, 6) is -0.0170. The minimum Gasteiger partial charge on any atom is -0.382 e. The molecule has 0 saturated carbocycles. The Labute approximate surface area is 63.5 Å². The van der Waals surface area contributed by atoms with E-state index in [-0.39, 0.29) is 10.8 Å². The van der Waals surface area contributed by atoms with Gasteiger partial charge in [-0.1, -0.05) is 11.6 Å². The van der Waals surface area contributed by atoms with Gasteiger partial charge < -0.3 is 5.73 Å². The van der Waals surface area contributed by atoms with Gasteiger partial charge in [-0.2, -0.15) is 9.37 Å². The van der Waals surface area contributed by atoms with Gasteiger partial charge in [0.25, 0.3) is 0 Å². The molecule has 1 rings (SSSR count). The standard InChI is InChI=1S/C5H5ClFN3/c1-2-3(6)4(8)10-5(7)9-2/h1H3,(H2,8,9,10)/i/hD. The molecule has 54 valence electrons. The van der Waals surface area contributed by atoms with E-state index in [4.69, 9.17) is 13.0 Å². The molecular formula is C5H5ClFN3. The van der Waals surface area contributed by atoms with Crippen molar-refractivity contribution in [2.75, 3.05) is 5.73 Å². The number of halogens is 2. The average Bonchev–Trinajstić information content (AvgIpc) is 1.96. The molecule has 0 amide bonds. The molecule has 0 unspecified atom stereocenters. The lowest BCUT2D eigenvalue weighted by molar-refractivity contribution is 0.537. The van der Waals surface area contributed by atoms with Crippen LogP contribution in [0.4, 0.5) is 10.2 Å². The Kier molecular flexibility index (Phi) is 1.39. The van der Waals surface area contributed by atoms with Crippen LogP contribution in [0.25, 0.3) is 0 Å². The zero-order valence-corrected chi connectivity index (χ0v) is 5.91. The Morgan fingerprint density at radius 3 is 3.00 bits per heavy atom. The molecule has 0 spiro atoms. The summed E-state index contributed by atoms with van der Waals surface area (Å²) >= 11 is 5.59. The molecule has 3 nitrogen and oxygen atoms in total. The average molecular weight is 163 g/mol. The minimum atomic E-state index is -0.887. The fourth-order valence-electron chi connectivity index (χ4n) is 0.525. The summed E-state index contributed by atoms with van der Waals surface area (Å²) in [5.41, 5.74) is 2.22. The van der Waals surface area contributed by atoms with E-state index in [2.05, 4.69) is 9.97 Å². The van der Waals surface area contributed by atoms with E-state index in [1.54, 1.807) is 0 Å². The lowest BCUT2D eigenvalue weighted by Crippen LogP contribution is -1.99. The lowest BCUT2D eigenvalue weighted by Gasteiger charge is -1.98. The number of rotatable bonds is 1. The monoisotopic (exact) mass is 162 g/mol. The van der Waals surface area contributed by atoms with Crippen LogP contribution in [0.3, 0.4) is 0 Å².